The second-order valence-electron chi connectivity index (χ2n) is 8.62. The highest BCUT2D eigenvalue weighted by molar-refractivity contribution is 7.93. The number of hydrogen-bond donors (Lipinski definition) is 1. The number of nitrogens with zero attached hydrogens (tertiary/aromatic N) is 1. The number of ether oxygens (including phenoxy) is 2. The summed E-state index contributed by atoms with van der Waals surface area (Å²) in [6, 6.07) is 24.0. The van der Waals surface area contributed by atoms with Gasteiger partial charge in [-0.3, -0.25) is 9.10 Å². The Morgan fingerprint density at radius 1 is 0.881 bits per heavy atom. The summed E-state index contributed by atoms with van der Waals surface area (Å²) in [5.41, 5.74) is 0.747. The Balaban J connectivity index is 1.55. The number of hydrogen-bond acceptors (Lipinski definition) is 6. The number of halogens is 4. The minimum atomic E-state index is -4.34. The van der Waals surface area contributed by atoms with E-state index in [1.807, 2.05) is 0 Å². The normalized spacial score (nSPS) is 11.2. The molecule has 13 heteroatoms. The van der Waals surface area contributed by atoms with E-state index >= 15 is 0 Å². The number of nitrogens with one attached hydrogen (secondary N) is 1. The number of carbonyl (C=O) groups excluding carboxylic acids is 2. The number of rotatable bonds is 11. The predicted molar refractivity (Wildman–Crippen MR) is 155 cm³/mol. The number of esters is 1. The third kappa shape index (κ3) is 7.75. The monoisotopic (exact) mass is 634 g/mol. The van der Waals surface area contributed by atoms with Gasteiger partial charge in [-0.15, -0.1) is 0 Å². The van der Waals surface area contributed by atoms with Gasteiger partial charge in [0.2, 0.25) is 0 Å². The van der Waals surface area contributed by atoms with Crippen molar-refractivity contribution in [2.75, 3.05) is 16.2 Å². The third-order valence-electron chi connectivity index (χ3n) is 5.73. The molecule has 8 nitrogen and oxygen atoms in total. The number of carbonyl (C=O) groups is 2. The summed E-state index contributed by atoms with van der Waals surface area (Å²) >= 11 is 12.3. The van der Waals surface area contributed by atoms with E-state index in [0.29, 0.717) is 16.3 Å². The van der Waals surface area contributed by atoms with E-state index < -0.39 is 35.1 Å². The van der Waals surface area contributed by atoms with Crippen LogP contribution in [0, 0.1) is 0 Å². The highest BCUT2D eigenvalue weighted by atomic mass is 35.5. The molecule has 0 atom stereocenters. The van der Waals surface area contributed by atoms with Gasteiger partial charge in [-0.05, 0) is 60.2 Å². The van der Waals surface area contributed by atoms with Crippen LogP contribution in [0.25, 0.3) is 0 Å². The zero-order valence-electron chi connectivity index (χ0n) is 21.5. The summed E-state index contributed by atoms with van der Waals surface area (Å²) in [4.78, 5) is 24.8. The van der Waals surface area contributed by atoms with Gasteiger partial charge in [-0.25, -0.2) is 13.2 Å². The van der Waals surface area contributed by atoms with Gasteiger partial charge in [0.15, 0.2) is 6.61 Å². The quantitative estimate of drug-likeness (QED) is 0.182. The Bertz CT molecular complexity index is 1670. The molecule has 4 aromatic carbocycles. The van der Waals surface area contributed by atoms with E-state index in [4.69, 9.17) is 27.9 Å². The van der Waals surface area contributed by atoms with Crippen LogP contribution in [0.2, 0.25) is 10.0 Å². The van der Waals surface area contributed by atoms with E-state index in [0.717, 1.165) is 10.4 Å². The molecule has 4 aromatic rings. The Morgan fingerprint density at radius 2 is 1.55 bits per heavy atom. The Labute approximate surface area is 250 Å². The van der Waals surface area contributed by atoms with Gasteiger partial charge in [0.1, 0.15) is 10.6 Å². The molecule has 0 fully saturated rings. The van der Waals surface area contributed by atoms with E-state index in [2.05, 4.69) is 10.1 Å². The van der Waals surface area contributed by atoms with Gasteiger partial charge in [-0.2, -0.15) is 8.78 Å². The van der Waals surface area contributed by atoms with Crippen molar-refractivity contribution in [3.63, 3.8) is 0 Å². The van der Waals surface area contributed by atoms with Crippen molar-refractivity contribution < 1.29 is 36.3 Å². The molecule has 0 aliphatic heterocycles. The molecule has 0 aliphatic carbocycles. The Kier molecular flexibility index (Phi) is 10.00. The lowest BCUT2D eigenvalue weighted by molar-refractivity contribution is -0.119. The van der Waals surface area contributed by atoms with Crippen LogP contribution in [0.3, 0.4) is 0 Å². The lowest BCUT2D eigenvalue weighted by Crippen LogP contribution is -2.31. The van der Waals surface area contributed by atoms with E-state index in [-0.39, 0.29) is 33.5 Å². The third-order valence-corrected chi connectivity index (χ3v) is 8.24. The topological polar surface area (TPSA) is 102 Å². The summed E-state index contributed by atoms with van der Waals surface area (Å²) in [5, 5.41) is 2.58. The summed E-state index contributed by atoms with van der Waals surface area (Å²) in [7, 11) is -4.34. The van der Waals surface area contributed by atoms with E-state index in [9.17, 15) is 26.8 Å². The first kappa shape index (κ1) is 30.8. The van der Waals surface area contributed by atoms with Gasteiger partial charge in [0.25, 0.3) is 15.9 Å². The molecule has 0 saturated heterocycles. The van der Waals surface area contributed by atoms with Gasteiger partial charge in [0, 0.05) is 5.02 Å². The maximum Gasteiger partial charge on any atom is 0.387 e. The fraction of sp³-hybridized carbons (Fsp3) is 0.103. The maximum absolute atomic E-state index is 13.9. The highest BCUT2D eigenvalue weighted by Gasteiger charge is 2.29. The molecule has 0 unspecified atom stereocenters. The minimum Gasteiger partial charge on any atom is -0.452 e. The zero-order valence-corrected chi connectivity index (χ0v) is 23.9. The first-order chi connectivity index (χ1) is 20.0. The average Bonchev–Trinajstić information content (AvgIpc) is 2.96. The minimum absolute atomic E-state index is 0.0489. The molecular formula is C29H22Cl2F2N2O6S. The summed E-state index contributed by atoms with van der Waals surface area (Å²) in [6.45, 7) is -3.95. The van der Waals surface area contributed by atoms with Crippen LogP contribution < -0.4 is 14.4 Å². The van der Waals surface area contributed by atoms with Crippen LogP contribution in [0.4, 0.5) is 20.2 Å². The number of alkyl halides is 2. The Morgan fingerprint density at radius 3 is 2.24 bits per heavy atom. The number of anilines is 2. The number of benzene rings is 4. The van der Waals surface area contributed by atoms with Gasteiger partial charge >= 0.3 is 12.6 Å². The second kappa shape index (κ2) is 13.6. The standard InChI is InChI=1S/C29H22Cl2F2N2O6S/c30-21-11-13-22(14-12-21)35(17-19-6-2-1-3-7-19)42(38,39)26-16-20(10-15-23(26)31)28(37)40-18-27(36)34-24-8-4-5-9-25(24)41-29(32)33/h1-16,29H,17-18H2,(H,34,36). The van der Waals surface area contributed by atoms with Gasteiger partial charge in [0.05, 0.1) is 28.5 Å². The molecule has 0 aromatic heterocycles. The van der Waals surface area contributed by atoms with Crippen LogP contribution in [-0.2, 0) is 26.1 Å². The number of amides is 1. The average molecular weight is 635 g/mol. The predicted octanol–water partition coefficient (Wildman–Crippen LogP) is 6.79. The first-order valence-corrected chi connectivity index (χ1v) is 14.4. The van der Waals surface area contributed by atoms with Gasteiger partial charge < -0.3 is 14.8 Å². The highest BCUT2D eigenvalue weighted by Crippen LogP contribution is 2.32. The van der Waals surface area contributed by atoms with E-state index in [1.54, 1.807) is 42.5 Å². The second-order valence-corrected chi connectivity index (χ2v) is 11.3. The summed E-state index contributed by atoms with van der Waals surface area (Å²) < 4.78 is 63.6. The molecule has 0 aliphatic rings. The summed E-state index contributed by atoms with van der Waals surface area (Å²) in [6.07, 6.45) is 0. The van der Waals surface area contributed by atoms with E-state index in [1.165, 1.54) is 48.5 Å². The molecule has 0 radical (unpaired) electrons. The largest absolute Gasteiger partial charge is 0.452 e. The van der Waals surface area contributed by atoms with Crippen LogP contribution in [0.1, 0.15) is 15.9 Å². The Hall–Kier alpha value is -4.19. The lowest BCUT2D eigenvalue weighted by atomic mass is 10.2. The molecule has 1 N–H and O–H groups in total. The fourth-order valence-electron chi connectivity index (χ4n) is 3.79. The molecule has 0 saturated carbocycles. The molecule has 218 valence electrons. The fourth-order valence-corrected chi connectivity index (χ4v) is 5.87. The molecule has 42 heavy (non-hydrogen) atoms. The first-order valence-electron chi connectivity index (χ1n) is 12.2. The maximum atomic E-state index is 13.9. The van der Waals surface area contributed by atoms with Crippen LogP contribution >= 0.6 is 23.2 Å². The lowest BCUT2D eigenvalue weighted by Gasteiger charge is -2.25. The van der Waals surface area contributed by atoms with Crippen molar-refractivity contribution >= 4 is 56.5 Å². The molecule has 1 amide bonds. The zero-order chi connectivity index (χ0) is 30.3. The van der Waals surface area contributed by atoms with Crippen molar-refractivity contribution in [3.05, 3.63) is 118 Å². The van der Waals surface area contributed by atoms with Gasteiger partial charge in [-0.1, -0.05) is 65.7 Å². The molecule has 4 rings (SSSR count). The van der Waals surface area contributed by atoms with Crippen molar-refractivity contribution in [1.82, 2.24) is 0 Å². The molecular weight excluding hydrogens is 613 g/mol. The smallest absolute Gasteiger partial charge is 0.387 e. The molecule has 0 bridgehead atoms. The van der Waals surface area contributed by atoms with Crippen LogP contribution in [-0.4, -0.2) is 33.5 Å². The SMILES string of the molecule is O=C(COC(=O)c1ccc(Cl)c(S(=O)(=O)N(Cc2ccccc2)c2ccc(Cl)cc2)c1)Nc1ccccc1OC(F)F. The van der Waals surface area contributed by atoms with Crippen molar-refractivity contribution in [2.24, 2.45) is 0 Å². The van der Waals surface area contributed by atoms with Crippen molar-refractivity contribution in [3.8, 4) is 5.75 Å². The van der Waals surface area contributed by atoms with Crippen molar-refractivity contribution in [1.29, 1.82) is 0 Å². The number of para-hydroxylation sites is 2. The molecule has 0 spiro atoms. The van der Waals surface area contributed by atoms with Crippen molar-refractivity contribution in [2.45, 2.75) is 18.1 Å². The van der Waals surface area contributed by atoms with Crippen LogP contribution in [0.15, 0.2) is 102 Å². The number of sulfonamides is 1. The van der Waals surface area contributed by atoms with Crippen LogP contribution in [0.5, 0.6) is 5.75 Å². The summed E-state index contributed by atoms with van der Waals surface area (Å²) in [5.74, 6) is -2.13. The molecule has 0 heterocycles.